The van der Waals surface area contributed by atoms with Gasteiger partial charge in [-0.1, -0.05) is 24.3 Å². The van der Waals surface area contributed by atoms with Crippen LogP contribution in [0.3, 0.4) is 0 Å². The number of aryl methyl sites for hydroxylation is 1. The molecular formula is C26H28N4O6. The number of ether oxygens (including phenoxy) is 2. The topological polar surface area (TPSA) is 140 Å². The monoisotopic (exact) mass is 492 g/mol. The number of rotatable bonds is 7. The van der Waals surface area contributed by atoms with E-state index in [1.165, 1.54) is 12.0 Å². The molecule has 188 valence electrons. The van der Waals surface area contributed by atoms with Crippen LogP contribution >= 0.6 is 0 Å². The van der Waals surface area contributed by atoms with E-state index < -0.39 is 47.0 Å². The van der Waals surface area contributed by atoms with Crippen LogP contribution in [0.25, 0.3) is 0 Å². The van der Waals surface area contributed by atoms with E-state index in [0.29, 0.717) is 29.2 Å². The number of amides is 4. The summed E-state index contributed by atoms with van der Waals surface area (Å²) >= 11 is 0. The third-order valence-electron chi connectivity index (χ3n) is 7.54. The standard InChI is InChI=1S/C26H28N4O6/c1-13-5-4-6-15-22(13)28-25(34)26(15)21-20(16(29-26)12-19(27)31)23(32)30(24(21)33)10-9-14-7-8-17(35-2)18(11-14)36-3/h4-8,11,16,20-21,29H,9-10,12H2,1-3H3,(H2,27,31)(H,28,34)/t16-,20-,21-,26+/m1/s1. The van der Waals surface area contributed by atoms with Gasteiger partial charge in [0, 0.05) is 30.3 Å². The number of anilines is 1. The molecule has 10 nitrogen and oxygen atoms in total. The SMILES string of the molecule is COc1ccc(CCN2C(=O)[C@@H]3[C@@H](CC(N)=O)N[C@]4(C(=O)Nc5c(C)cccc54)[C@H]3C2=O)cc1OC. The smallest absolute Gasteiger partial charge is 0.250 e. The molecule has 10 heteroatoms. The van der Waals surface area contributed by atoms with Crippen molar-refractivity contribution in [1.29, 1.82) is 0 Å². The number of carbonyl (C=O) groups excluding carboxylic acids is 4. The van der Waals surface area contributed by atoms with Crippen molar-refractivity contribution >= 4 is 29.3 Å². The van der Waals surface area contributed by atoms with Gasteiger partial charge in [0.1, 0.15) is 5.54 Å². The number of primary amides is 1. The molecule has 0 saturated carbocycles. The summed E-state index contributed by atoms with van der Waals surface area (Å²) in [6.07, 6.45) is 0.222. The van der Waals surface area contributed by atoms with E-state index in [4.69, 9.17) is 15.2 Å². The number of nitrogens with zero attached hydrogens (tertiary/aromatic N) is 1. The Kier molecular flexibility index (Phi) is 5.71. The molecule has 1 spiro atoms. The third kappa shape index (κ3) is 3.35. The maximum Gasteiger partial charge on any atom is 0.250 e. The van der Waals surface area contributed by atoms with E-state index in [2.05, 4.69) is 10.6 Å². The molecule has 0 bridgehead atoms. The van der Waals surface area contributed by atoms with Crippen molar-refractivity contribution in [3.05, 3.63) is 53.1 Å². The van der Waals surface area contributed by atoms with Crippen LogP contribution in [0.5, 0.6) is 11.5 Å². The Morgan fingerprint density at radius 1 is 1.08 bits per heavy atom. The summed E-state index contributed by atoms with van der Waals surface area (Å²) in [6.45, 7) is 1.99. The van der Waals surface area contributed by atoms with Gasteiger partial charge in [-0.2, -0.15) is 0 Å². The van der Waals surface area contributed by atoms with Crippen LogP contribution in [0, 0.1) is 18.8 Å². The fourth-order valence-electron chi connectivity index (χ4n) is 5.92. The van der Waals surface area contributed by atoms with Gasteiger partial charge in [0.2, 0.25) is 23.6 Å². The quantitative estimate of drug-likeness (QED) is 0.487. The van der Waals surface area contributed by atoms with Crippen LogP contribution in [0.15, 0.2) is 36.4 Å². The van der Waals surface area contributed by atoms with Crippen LogP contribution < -0.4 is 25.8 Å². The van der Waals surface area contributed by atoms with Crippen LogP contribution in [0.4, 0.5) is 5.69 Å². The largest absolute Gasteiger partial charge is 0.493 e. The van der Waals surface area contributed by atoms with Crippen LogP contribution in [0.2, 0.25) is 0 Å². The molecule has 2 aromatic carbocycles. The lowest BCUT2D eigenvalue weighted by molar-refractivity contribution is -0.142. The number of nitrogens with one attached hydrogen (secondary N) is 2. The van der Waals surface area contributed by atoms with Crippen molar-refractivity contribution in [2.24, 2.45) is 17.6 Å². The molecule has 3 heterocycles. The molecule has 4 atom stereocenters. The number of hydrogen-bond donors (Lipinski definition) is 3. The number of para-hydroxylation sites is 1. The second kappa shape index (κ2) is 8.63. The highest BCUT2D eigenvalue weighted by atomic mass is 16.5. The van der Waals surface area contributed by atoms with Gasteiger partial charge in [-0.3, -0.25) is 29.4 Å². The Balaban J connectivity index is 1.49. The summed E-state index contributed by atoms with van der Waals surface area (Å²) in [6, 6.07) is 10.1. The molecular weight excluding hydrogens is 464 g/mol. The predicted molar refractivity (Wildman–Crippen MR) is 129 cm³/mol. The minimum absolute atomic E-state index is 0.127. The van der Waals surface area contributed by atoms with Crippen LogP contribution in [0.1, 0.15) is 23.1 Å². The number of fused-ring (bicyclic) bond motifs is 4. The maximum atomic E-state index is 13.8. The number of hydrogen-bond acceptors (Lipinski definition) is 7. The second-order valence-corrected chi connectivity index (χ2v) is 9.45. The molecule has 3 aliphatic heterocycles. The summed E-state index contributed by atoms with van der Waals surface area (Å²) < 4.78 is 10.6. The van der Waals surface area contributed by atoms with Crippen molar-refractivity contribution in [1.82, 2.24) is 10.2 Å². The Labute approximate surface area is 208 Å². The van der Waals surface area contributed by atoms with E-state index in [9.17, 15) is 19.2 Å². The van der Waals surface area contributed by atoms with Crippen molar-refractivity contribution < 1.29 is 28.7 Å². The second-order valence-electron chi connectivity index (χ2n) is 9.45. The molecule has 5 rings (SSSR count). The van der Waals surface area contributed by atoms with Crippen molar-refractivity contribution in [2.75, 3.05) is 26.1 Å². The maximum absolute atomic E-state index is 13.8. The lowest BCUT2D eigenvalue weighted by Crippen LogP contribution is -2.53. The number of carbonyl (C=O) groups is 4. The van der Waals surface area contributed by atoms with Gasteiger partial charge in [-0.15, -0.1) is 0 Å². The summed E-state index contributed by atoms with van der Waals surface area (Å²) in [5.74, 6) is -2.61. The number of benzene rings is 2. The van der Waals surface area contributed by atoms with Gasteiger partial charge in [0.25, 0.3) is 0 Å². The number of likely N-dealkylation sites (tertiary alicyclic amines) is 1. The molecule has 2 saturated heterocycles. The first kappa shape index (κ1) is 23.8. The van der Waals surface area contributed by atoms with E-state index in [-0.39, 0.29) is 13.0 Å². The zero-order chi connectivity index (χ0) is 25.8. The first-order valence-electron chi connectivity index (χ1n) is 11.8. The molecule has 0 unspecified atom stereocenters. The highest BCUT2D eigenvalue weighted by molar-refractivity contribution is 6.15. The number of methoxy groups -OCH3 is 2. The Hall–Kier alpha value is -3.92. The highest BCUT2D eigenvalue weighted by Gasteiger charge is 2.70. The van der Waals surface area contributed by atoms with E-state index in [1.807, 2.05) is 25.1 Å². The molecule has 0 aliphatic carbocycles. The molecule has 4 N–H and O–H groups in total. The third-order valence-corrected chi connectivity index (χ3v) is 7.54. The Morgan fingerprint density at radius 2 is 1.83 bits per heavy atom. The molecule has 3 aliphatic rings. The molecule has 0 radical (unpaired) electrons. The first-order valence-corrected chi connectivity index (χ1v) is 11.8. The summed E-state index contributed by atoms with van der Waals surface area (Å²) in [4.78, 5) is 53.9. The van der Waals surface area contributed by atoms with Gasteiger partial charge in [0.15, 0.2) is 11.5 Å². The van der Waals surface area contributed by atoms with Crippen molar-refractivity contribution in [3.63, 3.8) is 0 Å². The number of nitrogens with two attached hydrogens (primary N) is 1. The number of imide groups is 1. The van der Waals surface area contributed by atoms with Crippen LogP contribution in [-0.2, 0) is 31.1 Å². The molecule has 4 amide bonds. The minimum atomic E-state index is -1.45. The van der Waals surface area contributed by atoms with Gasteiger partial charge in [-0.05, 0) is 36.6 Å². The van der Waals surface area contributed by atoms with Crippen molar-refractivity contribution in [2.45, 2.75) is 31.3 Å². The fraction of sp³-hybridized carbons (Fsp3) is 0.385. The van der Waals surface area contributed by atoms with Crippen LogP contribution in [-0.4, -0.2) is 55.3 Å². The Bertz CT molecular complexity index is 1290. The van der Waals surface area contributed by atoms with E-state index >= 15 is 0 Å². The highest BCUT2D eigenvalue weighted by Crippen LogP contribution is 2.53. The van der Waals surface area contributed by atoms with Gasteiger partial charge < -0.3 is 20.5 Å². The zero-order valence-electron chi connectivity index (χ0n) is 20.3. The molecule has 0 aromatic heterocycles. The van der Waals surface area contributed by atoms with Gasteiger partial charge in [0.05, 0.1) is 26.1 Å². The average molecular weight is 493 g/mol. The predicted octanol–water partition coefficient (Wildman–Crippen LogP) is 0.851. The fourth-order valence-corrected chi connectivity index (χ4v) is 5.92. The summed E-state index contributed by atoms with van der Waals surface area (Å²) in [5, 5.41) is 6.10. The lowest BCUT2D eigenvalue weighted by atomic mass is 9.76. The normalized spacial score (nSPS) is 26.2. The van der Waals surface area contributed by atoms with Gasteiger partial charge in [-0.25, -0.2) is 0 Å². The summed E-state index contributed by atoms with van der Waals surface area (Å²) in [5.41, 5.74) is 6.97. The molecule has 2 aromatic rings. The zero-order valence-corrected chi connectivity index (χ0v) is 20.3. The van der Waals surface area contributed by atoms with Gasteiger partial charge >= 0.3 is 0 Å². The molecule has 2 fully saturated rings. The van der Waals surface area contributed by atoms with E-state index in [0.717, 1.165) is 11.1 Å². The first-order chi connectivity index (χ1) is 17.2. The van der Waals surface area contributed by atoms with E-state index in [1.54, 1.807) is 25.3 Å². The molecule has 36 heavy (non-hydrogen) atoms. The minimum Gasteiger partial charge on any atom is -0.493 e. The summed E-state index contributed by atoms with van der Waals surface area (Å²) in [7, 11) is 3.08. The van der Waals surface area contributed by atoms with Crippen molar-refractivity contribution in [3.8, 4) is 11.5 Å². The average Bonchev–Trinajstić information content (AvgIpc) is 3.42. The Morgan fingerprint density at radius 3 is 2.53 bits per heavy atom. The lowest BCUT2D eigenvalue weighted by Gasteiger charge is -2.29.